The second kappa shape index (κ2) is 5.33. The first-order valence-corrected chi connectivity index (χ1v) is 6.64. The summed E-state index contributed by atoms with van der Waals surface area (Å²) in [4.78, 5) is 5.56. The highest BCUT2D eigenvalue weighted by Gasteiger charge is 2.16. The minimum Gasteiger partial charge on any atom is -0.307 e. The van der Waals surface area contributed by atoms with Crippen molar-refractivity contribution in [2.75, 3.05) is 13.3 Å². The van der Waals surface area contributed by atoms with E-state index in [1.807, 2.05) is 14.1 Å². The summed E-state index contributed by atoms with van der Waals surface area (Å²) in [7, 11) is 3.84. The molecular weight excluding hydrogens is 232 g/mol. The van der Waals surface area contributed by atoms with Crippen molar-refractivity contribution in [3.63, 3.8) is 0 Å². The second-order valence-electron chi connectivity index (χ2n) is 3.74. The third-order valence-electron chi connectivity index (χ3n) is 2.74. The molecule has 1 unspecified atom stereocenters. The molecule has 5 heteroatoms. The van der Waals surface area contributed by atoms with E-state index in [1.54, 1.807) is 22.8 Å². The molecule has 4 nitrogen and oxygen atoms in total. The highest BCUT2D eigenvalue weighted by molar-refractivity contribution is 7.98. The van der Waals surface area contributed by atoms with Gasteiger partial charge in [-0.2, -0.15) is 5.10 Å². The summed E-state index contributed by atoms with van der Waals surface area (Å²) in [6, 6.07) is 8.59. The fraction of sp³-hybridized carbons (Fsp3) is 0.333. The summed E-state index contributed by atoms with van der Waals surface area (Å²) < 4.78 is 1.80. The molecule has 90 valence electrons. The van der Waals surface area contributed by atoms with Gasteiger partial charge in [0.15, 0.2) is 0 Å². The van der Waals surface area contributed by atoms with Crippen molar-refractivity contribution in [3.05, 3.63) is 42.0 Å². The van der Waals surface area contributed by atoms with Gasteiger partial charge < -0.3 is 5.32 Å². The summed E-state index contributed by atoms with van der Waals surface area (Å²) in [5.74, 6) is 0.921. The Hall–Kier alpha value is -1.33. The lowest BCUT2D eigenvalue weighted by Crippen LogP contribution is -2.21. The molecule has 0 saturated heterocycles. The zero-order chi connectivity index (χ0) is 12.3. The largest absolute Gasteiger partial charge is 0.307 e. The molecule has 1 atom stereocenters. The minimum absolute atomic E-state index is 0.0819. The first-order valence-electron chi connectivity index (χ1n) is 5.41. The fourth-order valence-corrected chi connectivity index (χ4v) is 2.22. The molecule has 2 aromatic rings. The molecule has 0 radical (unpaired) electrons. The van der Waals surface area contributed by atoms with Gasteiger partial charge in [0.1, 0.15) is 12.2 Å². The topological polar surface area (TPSA) is 42.7 Å². The van der Waals surface area contributed by atoms with Crippen molar-refractivity contribution in [2.24, 2.45) is 7.05 Å². The van der Waals surface area contributed by atoms with E-state index in [0.717, 1.165) is 5.82 Å². The number of aromatic nitrogens is 3. The van der Waals surface area contributed by atoms with E-state index in [-0.39, 0.29) is 6.04 Å². The van der Waals surface area contributed by atoms with E-state index >= 15 is 0 Å². The van der Waals surface area contributed by atoms with E-state index in [9.17, 15) is 0 Å². The summed E-state index contributed by atoms with van der Waals surface area (Å²) in [5.41, 5.74) is 1.20. The van der Waals surface area contributed by atoms with Crippen LogP contribution in [0, 0.1) is 0 Å². The van der Waals surface area contributed by atoms with Gasteiger partial charge in [0, 0.05) is 11.9 Å². The van der Waals surface area contributed by atoms with Gasteiger partial charge in [-0.1, -0.05) is 12.1 Å². The maximum absolute atomic E-state index is 4.29. The molecule has 0 aliphatic rings. The van der Waals surface area contributed by atoms with Crippen molar-refractivity contribution < 1.29 is 0 Å². The lowest BCUT2D eigenvalue weighted by molar-refractivity contribution is 0.591. The van der Waals surface area contributed by atoms with Gasteiger partial charge in [-0.05, 0) is 31.0 Å². The third-order valence-corrected chi connectivity index (χ3v) is 3.49. The van der Waals surface area contributed by atoms with E-state index in [1.165, 1.54) is 10.5 Å². The Morgan fingerprint density at radius 2 is 2.00 bits per heavy atom. The molecule has 1 N–H and O–H groups in total. The highest BCUT2D eigenvalue weighted by Crippen LogP contribution is 2.22. The molecule has 0 saturated carbocycles. The predicted octanol–water partition coefficient (Wildman–Crippen LogP) is 1.85. The van der Waals surface area contributed by atoms with E-state index in [0.29, 0.717) is 0 Å². The van der Waals surface area contributed by atoms with Crippen LogP contribution in [0.5, 0.6) is 0 Å². The van der Waals surface area contributed by atoms with Crippen molar-refractivity contribution in [3.8, 4) is 0 Å². The van der Waals surface area contributed by atoms with Crippen LogP contribution in [-0.2, 0) is 7.05 Å². The molecular formula is C12H16N4S. The van der Waals surface area contributed by atoms with Gasteiger partial charge in [-0.15, -0.1) is 11.8 Å². The van der Waals surface area contributed by atoms with Gasteiger partial charge in [0.25, 0.3) is 0 Å². The maximum Gasteiger partial charge on any atom is 0.148 e. The monoisotopic (exact) mass is 248 g/mol. The van der Waals surface area contributed by atoms with Crippen molar-refractivity contribution in [1.29, 1.82) is 0 Å². The average molecular weight is 248 g/mol. The Balaban J connectivity index is 2.32. The first-order chi connectivity index (χ1) is 8.26. The zero-order valence-corrected chi connectivity index (χ0v) is 11.0. The molecule has 0 fully saturated rings. The van der Waals surface area contributed by atoms with E-state index in [2.05, 4.69) is 45.9 Å². The molecule has 0 aliphatic heterocycles. The van der Waals surface area contributed by atoms with Crippen LogP contribution in [0.1, 0.15) is 17.4 Å². The second-order valence-corrected chi connectivity index (χ2v) is 4.62. The molecule has 0 aliphatic carbocycles. The molecule has 1 aromatic carbocycles. The summed E-state index contributed by atoms with van der Waals surface area (Å²) in [5, 5.41) is 7.38. The summed E-state index contributed by atoms with van der Waals surface area (Å²) in [6.07, 6.45) is 3.66. The SMILES string of the molecule is CNC(c1ccc(SC)cc1)c1ncnn1C. The normalized spacial score (nSPS) is 12.6. The van der Waals surface area contributed by atoms with Gasteiger partial charge >= 0.3 is 0 Å². The Labute approximate surface area is 105 Å². The number of benzene rings is 1. The number of aryl methyl sites for hydroxylation is 1. The van der Waals surface area contributed by atoms with Crippen LogP contribution < -0.4 is 5.32 Å². The standard InChI is InChI=1S/C12H16N4S/c1-13-11(12-14-8-15-16(12)2)9-4-6-10(17-3)7-5-9/h4-8,11,13H,1-3H3. The number of thioether (sulfide) groups is 1. The van der Waals surface area contributed by atoms with Crippen LogP contribution in [0.15, 0.2) is 35.5 Å². The smallest absolute Gasteiger partial charge is 0.148 e. The van der Waals surface area contributed by atoms with Crippen molar-refractivity contribution in [2.45, 2.75) is 10.9 Å². The Bertz CT molecular complexity index is 478. The Morgan fingerprint density at radius 1 is 1.29 bits per heavy atom. The quantitative estimate of drug-likeness (QED) is 0.839. The molecule has 1 aromatic heterocycles. The third kappa shape index (κ3) is 2.50. The predicted molar refractivity (Wildman–Crippen MR) is 70.1 cm³/mol. The number of hydrogen-bond donors (Lipinski definition) is 1. The van der Waals surface area contributed by atoms with Crippen LogP contribution >= 0.6 is 11.8 Å². The van der Waals surface area contributed by atoms with Crippen molar-refractivity contribution in [1.82, 2.24) is 20.1 Å². The lowest BCUT2D eigenvalue weighted by Gasteiger charge is -2.15. The first kappa shape index (κ1) is 12.1. The van der Waals surface area contributed by atoms with Crippen LogP contribution in [0.25, 0.3) is 0 Å². The summed E-state index contributed by atoms with van der Waals surface area (Å²) >= 11 is 1.74. The van der Waals surface area contributed by atoms with Crippen molar-refractivity contribution >= 4 is 11.8 Å². The summed E-state index contributed by atoms with van der Waals surface area (Å²) in [6.45, 7) is 0. The maximum atomic E-state index is 4.29. The zero-order valence-electron chi connectivity index (χ0n) is 10.2. The molecule has 2 rings (SSSR count). The molecule has 0 amide bonds. The molecule has 0 bridgehead atoms. The number of hydrogen-bond acceptors (Lipinski definition) is 4. The fourth-order valence-electron chi connectivity index (χ4n) is 1.81. The molecule has 0 spiro atoms. The van der Waals surface area contributed by atoms with E-state index in [4.69, 9.17) is 0 Å². The van der Waals surface area contributed by atoms with Crippen LogP contribution in [0.2, 0.25) is 0 Å². The number of nitrogens with one attached hydrogen (secondary N) is 1. The van der Waals surface area contributed by atoms with E-state index < -0.39 is 0 Å². The van der Waals surface area contributed by atoms with Gasteiger partial charge in [0.05, 0.1) is 6.04 Å². The van der Waals surface area contributed by atoms with Gasteiger partial charge in [-0.25, -0.2) is 4.98 Å². The Morgan fingerprint density at radius 3 is 2.47 bits per heavy atom. The molecule has 1 heterocycles. The van der Waals surface area contributed by atoms with Gasteiger partial charge in [0.2, 0.25) is 0 Å². The molecule has 17 heavy (non-hydrogen) atoms. The Kier molecular flexibility index (Phi) is 3.81. The number of nitrogens with zero attached hydrogens (tertiary/aromatic N) is 3. The number of rotatable bonds is 4. The lowest BCUT2D eigenvalue weighted by atomic mass is 10.1. The average Bonchev–Trinajstić information content (AvgIpc) is 2.78. The van der Waals surface area contributed by atoms with Crippen LogP contribution in [0.3, 0.4) is 0 Å². The van der Waals surface area contributed by atoms with Crippen LogP contribution in [-0.4, -0.2) is 28.1 Å². The van der Waals surface area contributed by atoms with Gasteiger partial charge in [-0.3, -0.25) is 4.68 Å². The highest BCUT2D eigenvalue weighted by atomic mass is 32.2. The van der Waals surface area contributed by atoms with Crippen LogP contribution in [0.4, 0.5) is 0 Å². The minimum atomic E-state index is 0.0819.